The summed E-state index contributed by atoms with van der Waals surface area (Å²) in [6, 6.07) is 14.2. The summed E-state index contributed by atoms with van der Waals surface area (Å²) in [4.78, 5) is 15.1. The molecule has 1 radical (unpaired) electrons. The molecule has 139 valence electrons. The number of nitrogens with zero attached hydrogens (tertiary/aromatic N) is 2. The molecular formula is C24H27N2O. The van der Waals surface area contributed by atoms with E-state index in [1.54, 1.807) is 0 Å². The Kier molecular flexibility index (Phi) is 5.96. The molecular weight excluding hydrogens is 332 g/mol. The topological polar surface area (TPSA) is 44.1 Å². The van der Waals surface area contributed by atoms with Gasteiger partial charge in [-0.15, -0.1) is 0 Å². The quantitative estimate of drug-likeness (QED) is 0.780. The average Bonchev–Trinajstić information content (AvgIpc) is 2.73. The molecule has 0 saturated carbocycles. The first-order valence-corrected chi connectivity index (χ1v) is 9.84. The predicted octanol–water partition coefficient (Wildman–Crippen LogP) is 4.89. The third-order valence-electron chi connectivity index (χ3n) is 5.71. The van der Waals surface area contributed by atoms with E-state index in [4.69, 9.17) is 5.26 Å². The molecule has 1 aliphatic heterocycles. The van der Waals surface area contributed by atoms with Gasteiger partial charge in [-0.3, -0.25) is 4.79 Å². The fraction of sp³-hybridized carbons (Fsp3) is 0.375. The van der Waals surface area contributed by atoms with Gasteiger partial charge < -0.3 is 4.90 Å². The number of benzene rings is 2. The highest BCUT2D eigenvalue weighted by molar-refractivity contribution is 5.96. The maximum absolute atomic E-state index is 13.1. The Labute approximate surface area is 162 Å². The maximum atomic E-state index is 13.1. The smallest absolute Gasteiger partial charge is 0.254 e. The lowest BCUT2D eigenvalue weighted by molar-refractivity contribution is 0.0712. The minimum Gasteiger partial charge on any atom is -0.339 e. The van der Waals surface area contributed by atoms with Gasteiger partial charge in [0.1, 0.15) is 0 Å². The van der Waals surface area contributed by atoms with Crippen molar-refractivity contribution in [3.05, 3.63) is 76.7 Å². The van der Waals surface area contributed by atoms with E-state index in [-0.39, 0.29) is 5.91 Å². The number of hydrogen-bond donors (Lipinski definition) is 0. The Morgan fingerprint density at radius 3 is 2.30 bits per heavy atom. The zero-order valence-electron chi connectivity index (χ0n) is 16.3. The van der Waals surface area contributed by atoms with Crippen molar-refractivity contribution in [2.75, 3.05) is 13.1 Å². The van der Waals surface area contributed by atoms with Gasteiger partial charge in [-0.25, -0.2) is 0 Å². The third-order valence-corrected chi connectivity index (χ3v) is 5.71. The third kappa shape index (κ3) is 4.06. The van der Waals surface area contributed by atoms with Crippen LogP contribution in [0, 0.1) is 18.3 Å². The van der Waals surface area contributed by atoms with Crippen molar-refractivity contribution in [3.63, 3.8) is 0 Å². The summed E-state index contributed by atoms with van der Waals surface area (Å²) in [5, 5.41) is 8.94. The summed E-state index contributed by atoms with van der Waals surface area (Å²) in [7, 11) is 0. The molecule has 1 saturated heterocycles. The van der Waals surface area contributed by atoms with Gasteiger partial charge in [-0.2, -0.15) is 5.26 Å². The van der Waals surface area contributed by atoms with Crippen LogP contribution in [0.3, 0.4) is 0 Å². The Bertz CT molecular complexity index is 853. The number of carbonyl (C=O) groups excluding carboxylic acids is 1. The molecule has 1 heterocycles. The van der Waals surface area contributed by atoms with E-state index in [1.165, 1.54) is 11.1 Å². The van der Waals surface area contributed by atoms with E-state index in [2.05, 4.69) is 32.9 Å². The van der Waals surface area contributed by atoms with Crippen LogP contribution in [0.5, 0.6) is 0 Å². The van der Waals surface area contributed by atoms with Crippen molar-refractivity contribution in [3.8, 4) is 6.07 Å². The van der Waals surface area contributed by atoms with Crippen LogP contribution in [0.25, 0.3) is 0 Å². The SMILES string of the molecule is [CH2]c1cc(C(=O)N2CCC(c3ccc(C#N)cc3)CC2)c(CC)cc1CC. The largest absolute Gasteiger partial charge is 0.339 e. The lowest BCUT2D eigenvalue weighted by Crippen LogP contribution is -2.38. The number of rotatable bonds is 4. The van der Waals surface area contributed by atoms with Gasteiger partial charge in [0, 0.05) is 18.7 Å². The molecule has 3 nitrogen and oxygen atoms in total. The number of aryl methyl sites for hydroxylation is 2. The van der Waals surface area contributed by atoms with Gasteiger partial charge in [0.15, 0.2) is 0 Å². The van der Waals surface area contributed by atoms with Crippen molar-refractivity contribution in [1.29, 1.82) is 5.26 Å². The van der Waals surface area contributed by atoms with Gasteiger partial charge in [0.2, 0.25) is 0 Å². The van der Waals surface area contributed by atoms with Crippen molar-refractivity contribution in [2.24, 2.45) is 0 Å². The highest BCUT2D eigenvalue weighted by Crippen LogP contribution is 2.29. The van der Waals surface area contributed by atoms with Crippen molar-refractivity contribution >= 4 is 5.91 Å². The first-order chi connectivity index (χ1) is 13.1. The summed E-state index contributed by atoms with van der Waals surface area (Å²) in [6.45, 7) is 9.90. The predicted molar refractivity (Wildman–Crippen MR) is 109 cm³/mol. The van der Waals surface area contributed by atoms with Crippen LogP contribution in [-0.2, 0) is 12.8 Å². The molecule has 0 aliphatic carbocycles. The van der Waals surface area contributed by atoms with Crippen LogP contribution < -0.4 is 0 Å². The molecule has 1 aliphatic rings. The van der Waals surface area contributed by atoms with Crippen LogP contribution in [0.2, 0.25) is 0 Å². The lowest BCUT2D eigenvalue weighted by atomic mass is 9.88. The minimum atomic E-state index is 0.137. The Hall–Kier alpha value is -2.60. The van der Waals surface area contributed by atoms with Crippen LogP contribution in [0.15, 0.2) is 36.4 Å². The molecule has 2 aromatic rings. The average molecular weight is 359 g/mol. The van der Waals surface area contributed by atoms with Crippen molar-refractivity contribution in [1.82, 2.24) is 4.90 Å². The summed E-state index contributed by atoms with van der Waals surface area (Å²) < 4.78 is 0. The molecule has 1 amide bonds. The fourth-order valence-electron chi connectivity index (χ4n) is 3.98. The Morgan fingerprint density at radius 2 is 1.74 bits per heavy atom. The summed E-state index contributed by atoms with van der Waals surface area (Å²) >= 11 is 0. The molecule has 2 aromatic carbocycles. The second kappa shape index (κ2) is 8.39. The highest BCUT2D eigenvalue weighted by atomic mass is 16.2. The number of amides is 1. The fourth-order valence-corrected chi connectivity index (χ4v) is 3.98. The van der Waals surface area contributed by atoms with Crippen LogP contribution in [0.1, 0.15) is 70.8 Å². The highest BCUT2D eigenvalue weighted by Gasteiger charge is 2.26. The number of hydrogen-bond acceptors (Lipinski definition) is 2. The molecule has 0 bridgehead atoms. The van der Waals surface area contributed by atoms with Crippen LogP contribution >= 0.6 is 0 Å². The minimum absolute atomic E-state index is 0.137. The van der Waals surface area contributed by atoms with Gasteiger partial charge >= 0.3 is 0 Å². The van der Waals surface area contributed by atoms with Gasteiger partial charge in [-0.05, 0) is 79.0 Å². The van der Waals surface area contributed by atoms with E-state index >= 15 is 0 Å². The van der Waals surface area contributed by atoms with Crippen molar-refractivity contribution in [2.45, 2.75) is 45.4 Å². The van der Waals surface area contributed by atoms with Crippen LogP contribution in [0.4, 0.5) is 0 Å². The molecule has 27 heavy (non-hydrogen) atoms. The lowest BCUT2D eigenvalue weighted by Gasteiger charge is -2.33. The van der Waals surface area contributed by atoms with E-state index in [0.717, 1.165) is 55.5 Å². The summed E-state index contributed by atoms with van der Waals surface area (Å²) in [6.07, 6.45) is 3.72. The molecule has 0 aromatic heterocycles. The van der Waals surface area contributed by atoms with E-state index < -0.39 is 0 Å². The molecule has 3 rings (SSSR count). The molecule has 3 heteroatoms. The first-order valence-electron chi connectivity index (χ1n) is 9.84. The zero-order chi connectivity index (χ0) is 19.4. The van der Waals surface area contributed by atoms with E-state index in [1.807, 2.05) is 35.2 Å². The number of nitriles is 1. The Morgan fingerprint density at radius 1 is 1.11 bits per heavy atom. The normalized spacial score (nSPS) is 14.8. The maximum Gasteiger partial charge on any atom is 0.254 e. The molecule has 0 unspecified atom stereocenters. The van der Waals surface area contributed by atoms with Gasteiger partial charge in [-0.1, -0.05) is 32.0 Å². The zero-order valence-corrected chi connectivity index (χ0v) is 16.3. The second-order valence-corrected chi connectivity index (χ2v) is 7.29. The standard InChI is InChI=1S/C24H27N2O/c1-4-19-15-20(5-2)23(14-17(19)3)24(27)26-12-10-22(11-13-26)21-8-6-18(16-25)7-9-21/h6-9,14-15,22H,3-5,10-13H2,1-2H3. The molecule has 0 atom stereocenters. The Balaban J connectivity index is 1.71. The number of carbonyl (C=O) groups is 1. The first kappa shape index (κ1) is 19.2. The van der Waals surface area contributed by atoms with Gasteiger partial charge in [0.05, 0.1) is 11.6 Å². The number of piperidine rings is 1. The van der Waals surface area contributed by atoms with Gasteiger partial charge in [0.25, 0.3) is 5.91 Å². The van der Waals surface area contributed by atoms with Crippen LogP contribution in [-0.4, -0.2) is 23.9 Å². The molecule has 0 spiro atoms. The number of likely N-dealkylation sites (tertiary alicyclic amines) is 1. The summed E-state index contributed by atoms with van der Waals surface area (Å²) in [5.41, 5.74) is 6.09. The van der Waals surface area contributed by atoms with Crippen molar-refractivity contribution < 1.29 is 4.79 Å². The van der Waals surface area contributed by atoms with E-state index in [9.17, 15) is 4.79 Å². The summed E-state index contributed by atoms with van der Waals surface area (Å²) in [5.74, 6) is 0.594. The van der Waals surface area contributed by atoms with E-state index in [0.29, 0.717) is 11.5 Å². The molecule has 0 N–H and O–H groups in total. The molecule has 1 fully saturated rings. The second-order valence-electron chi connectivity index (χ2n) is 7.29. The monoisotopic (exact) mass is 359 g/mol.